The molecule has 1 aliphatic rings. The van der Waals surface area contributed by atoms with Gasteiger partial charge in [-0.25, -0.2) is 0 Å². The van der Waals surface area contributed by atoms with Gasteiger partial charge in [0.05, 0.1) is 0 Å². The first-order chi connectivity index (χ1) is 10.3. The summed E-state index contributed by atoms with van der Waals surface area (Å²) in [5, 5.41) is 3.62. The lowest BCUT2D eigenvalue weighted by Gasteiger charge is -2.39. The third kappa shape index (κ3) is 3.72. The molecule has 0 amide bonds. The molecule has 1 heterocycles. The van der Waals surface area contributed by atoms with Crippen LogP contribution in [-0.4, -0.2) is 30.6 Å². The van der Waals surface area contributed by atoms with Crippen LogP contribution in [0.15, 0.2) is 60.7 Å². The summed E-state index contributed by atoms with van der Waals surface area (Å²) in [7, 11) is 0. The van der Waals surface area contributed by atoms with Gasteiger partial charge in [0.15, 0.2) is 0 Å². The maximum atomic E-state index is 3.62. The van der Waals surface area contributed by atoms with E-state index >= 15 is 0 Å². The van der Waals surface area contributed by atoms with Crippen molar-refractivity contribution in [3.05, 3.63) is 71.8 Å². The van der Waals surface area contributed by atoms with Gasteiger partial charge in [0, 0.05) is 31.7 Å². The lowest BCUT2D eigenvalue weighted by atomic mass is 10.0. The van der Waals surface area contributed by atoms with Crippen molar-refractivity contribution in [3.8, 4) is 0 Å². The Kier molecular flexibility index (Phi) is 4.69. The number of benzene rings is 2. The highest BCUT2D eigenvalue weighted by atomic mass is 15.2. The molecule has 0 bridgehead atoms. The normalized spacial score (nSPS) is 23.1. The molecule has 110 valence electrons. The van der Waals surface area contributed by atoms with Crippen LogP contribution in [-0.2, 0) is 6.42 Å². The molecule has 0 aliphatic carbocycles. The first kappa shape index (κ1) is 14.3. The number of nitrogens with zero attached hydrogens (tertiary/aromatic N) is 1. The lowest BCUT2D eigenvalue weighted by molar-refractivity contribution is 0.137. The highest BCUT2D eigenvalue weighted by Gasteiger charge is 2.26. The standard InChI is InChI=1S/C19H24N2/c1-16-15-21(13-12-17-8-4-2-5-9-17)19(14-20-16)18-10-6-3-7-11-18/h2-11,16,19-20H,12-15H2,1H3. The first-order valence-electron chi connectivity index (χ1n) is 7.89. The second-order valence-corrected chi connectivity index (χ2v) is 5.97. The molecule has 2 atom stereocenters. The van der Waals surface area contributed by atoms with E-state index in [1.807, 2.05) is 0 Å². The van der Waals surface area contributed by atoms with Crippen molar-refractivity contribution >= 4 is 0 Å². The number of hydrogen-bond acceptors (Lipinski definition) is 2. The Hall–Kier alpha value is -1.64. The quantitative estimate of drug-likeness (QED) is 0.924. The van der Waals surface area contributed by atoms with Gasteiger partial charge in [-0.15, -0.1) is 0 Å². The highest BCUT2D eigenvalue weighted by Crippen LogP contribution is 2.23. The van der Waals surface area contributed by atoms with Gasteiger partial charge in [0.25, 0.3) is 0 Å². The Morgan fingerprint density at radius 2 is 1.67 bits per heavy atom. The van der Waals surface area contributed by atoms with E-state index in [0.29, 0.717) is 12.1 Å². The Balaban J connectivity index is 1.70. The second kappa shape index (κ2) is 6.88. The molecule has 0 radical (unpaired) electrons. The molecular formula is C19H24N2. The maximum absolute atomic E-state index is 3.62. The van der Waals surface area contributed by atoms with Gasteiger partial charge in [-0.1, -0.05) is 60.7 Å². The number of rotatable bonds is 4. The fourth-order valence-electron chi connectivity index (χ4n) is 3.15. The van der Waals surface area contributed by atoms with Crippen LogP contribution in [0.2, 0.25) is 0 Å². The van der Waals surface area contributed by atoms with Gasteiger partial charge in [0.1, 0.15) is 0 Å². The minimum atomic E-state index is 0.492. The molecule has 2 heteroatoms. The average Bonchev–Trinajstić information content (AvgIpc) is 2.55. The molecule has 0 saturated carbocycles. The van der Waals surface area contributed by atoms with E-state index in [1.54, 1.807) is 0 Å². The third-order valence-electron chi connectivity index (χ3n) is 4.32. The summed E-state index contributed by atoms with van der Waals surface area (Å²) in [6, 6.07) is 22.7. The molecule has 1 saturated heterocycles. The van der Waals surface area contributed by atoms with Crippen LogP contribution in [0.5, 0.6) is 0 Å². The maximum Gasteiger partial charge on any atom is 0.0473 e. The van der Waals surface area contributed by atoms with Gasteiger partial charge in [-0.2, -0.15) is 0 Å². The smallest absolute Gasteiger partial charge is 0.0473 e. The van der Waals surface area contributed by atoms with Crippen LogP contribution in [0, 0.1) is 0 Å². The van der Waals surface area contributed by atoms with Gasteiger partial charge in [-0.05, 0) is 24.5 Å². The van der Waals surface area contributed by atoms with Crippen LogP contribution in [0.4, 0.5) is 0 Å². The van der Waals surface area contributed by atoms with Crippen molar-refractivity contribution < 1.29 is 0 Å². The minimum Gasteiger partial charge on any atom is -0.311 e. The SMILES string of the molecule is CC1CN(CCc2ccccc2)C(c2ccccc2)CN1. The largest absolute Gasteiger partial charge is 0.311 e. The fourth-order valence-corrected chi connectivity index (χ4v) is 3.15. The molecule has 2 nitrogen and oxygen atoms in total. The molecule has 21 heavy (non-hydrogen) atoms. The van der Waals surface area contributed by atoms with Gasteiger partial charge < -0.3 is 5.32 Å². The number of hydrogen-bond donors (Lipinski definition) is 1. The van der Waals surface area contributed by atoms with Crippen LogP contribution < -0.4 is 5.32 Å². The van der Waals surface area contributed by atoms with E-state index in [4.69, 9.17) is 0 Å². The van der Waals surface area contributed by atoms with E-state index < -0.39 is 0 Å². The van der Waals surface area contributed by atoms with E-state index in [0.717, 1.165) is 26.1 Å². The zero-order chi connectivity index (χ0) is 14.5. The van der Waals surface area contributed by atoms with Gasteiger partial charge in [-0.3, -0.25) is 4.90 Å². The van der Waals surface area contributed by atoms with Crippen molar-refractivity contribution in [2.45, 2.75) is 25.4 Å². The Morgan fingerprint density at radius 3 is 2.38 bits per heavy atom. The molecule has 1 aliphatic heterocycles. The summed E-state index contributed by atoms with van der Waals surface area (Å²) in [5.41, 5.74) is 2.85. The summed E-state index contributed by atoms with van der Waals surface area (Å²) in [6.07, 6.45) is 1.12. The van der Waals surface area contributed by atoms with Crippen LogP contribution in [0.3, 0.4) is 0 Å². The van der Waals surface area contributed by atoms with E-state index in [-0.39, 0.29) is 0 Å². The van der Waals surface area contributed by atoms with Crippen molar-refractivity contribution in [2.75, 3.05) is 19.6 Å². The minimum absolute atomic E-state index is 0.492. The Labute approximate surface area is 127 Å². The van der Waals surface area contributed by atoms with Gasteiger partial charge >= 0.3 is 0 Å². The molecule has 2 aromatic carbocycles. The van der Waals surface area contributed by atoms with Crippen LogP contribution in [0.25, 0.3) is 0 Å². The second-order valence-electron chi connectivity index (χ2n) is 5.97. The average molecular weight is 280 g/mol. The zero-order valence-electron chi connectivity index (χ0n) is 12.7. The number of nitrogens with one attached hydrogen (secondary N) is 1. The van der Waals surface area contributed by atoms with E-state index in [1.165, 1.54) is 11.1 Å². The van der Waals surface area contributed by atoms with Gasteiger partial charge in [0.2, 0.25) is 0 Å². The summed E-state index contributed by atoms with van der Waals surface area (Å²) in [5.74, 6) is 0. The van der Waals surface area contributed by atoms with Crippen LogP contribution in [0.1, 0.15) is 24.1 Å². The lowest BCUT2D eigenvalue weighted by Crippen LogP contribution is -2.51. The van der Waals surface area contributed by atoms with Crippen molar-refractivity contribution in [2.24, 2.45) is 0 Å². The first-order valence-corrected chi connectivity index (χ1v) is 7.89. The summed E-state index contributed by atoms with van der Waals surface area (Å²) in [4.78, 5) is 2.63. The van der Waals surface area contributed by atoms with E-state index in [9.17, 15) is 0 Å². The monoisotopic (exact) mass is 280 g/mol. The third-order valence-corrected chi connectivity index (χ3v) is 4.32. The van der Waals surface area contributed by atoms with Crippen molar-refractivity contribution in [1.29, 1.82) is 0 Å². The highest BCUT2D eigenvalue weighted by molar-refractivity contribution is 5.21. The predicted octanol–water partition coefficient (Wildman–Crippen LogP) is 3.26. The zero-order valence-corrected chi connectivity index (χ0v) is 12.7. The fraction of sp³-hybridized carbons (Fsp3) is 0.368. The molecule has 2 unspecified atom stereocenters. The van der Waals surface area contributed by atoms with Crippen LogP contribution >= 0.6 is 0 Å². The summed E-state index contributed by atoms with van der Waals surface area (Å²) >= 11 is 0. The summed E-state index contributed by atoms with van der Waals surface area (Å²) in [6.45, 7) is 5.55. The number of piperazine rings is 1. The van der Waals surface area contributed by atoms with Crippen molar-refractivity contribution in [3.63, 3.8) is 0 Å². The van der Waals surface area contributed by atoms with E-state index in [2.05, 4.69) is 77.8 Å². The molecule has 1 N–H and O–H groups in total. The predicted molar refractivity (Wildman–Crippen MR) is 88.4 cm³/mol. The Morgan fingerprint density at radius 1 is 1.00 bits per heavy atom. The Bertz CT molecular complexity index is 538. The topological polar surface area (TPSA) is 15.3 Å². The molecular weight excluding hydrogens is 256 g/mol. The molecule has 1 fully saturated rings. The molecule has 2 aromatic rings. The molecule has 3 rings (SSSR count). The van der Waals surface area contributed by atoms with Crippen molar-refractivity contribution in [1.82, 2.24) is 10.2 Å². The molecule has 0 spiro atoms. The summed E-state index contributed by atoms with van der Waals surface area (Å²) < 4.78 is 0. The molecule has 0 aromatic heterocycles.